The molecule has 0 heterocycles. The molecule has 136 valence electrons. The summed E-state index contributed by atoms with van der Waals surface area (Å²) in [6.45, 7) is 6.31. The molecule has 0 aliphatic heterocycles. The van der Waals surface area contributed by atoms with Gasteiger partial charge in [0.15, 0.2) is 0 Å². The van der Waals surface area contributed by atoms with E-state index in [9.17, 15) is 9.59 Å². The van der Waals surface area contributed by atoms with Gasteiger partial charge in [0, 0.05) is 10.6 Å². The molecular formula is C21H22ClNO3. The summed E-state index contributed by atoms with van der Waals surface area (Å²) >= 11 is 5.87. The lowest BCUT2D eigenvalue weighted by Gasteiger charge is -2.19. The maximum absolute atomic E-state index is 12.5. The van der Waals surface area contributed by atoms with Gasteiger partial charge in [0.25, 0.3) is 5.91 Å². The van der Waals surface area contributed by atoms with Crippen LogP contribution in [0.3, 0.4) is 0 Å². The number of ether oxygens (including phenoxy) is 1. The van der Waals surface area contributed by atoms with Crippen molar-refractivity contribution in [3.63, 3.8) is 0 Å². The quantitative estimate of drug-likeness (QED) is 0.632. The Balaban J connectivity index is 2.24. The van der Waals surface area contributed by atoms with Crippen LogP contribution in [-0.2, 0) is 14.9 Å². The van der Waals surface area contributed by atoms with Crippen LogP contribution < -0.4 is 5.32 Å². The van der Waals surface area contributed by atoms with Crippen molar-refractivity contribution in [1.82, 2.24) is 5.32 Å². The van der Waals surface area contributed by atoms with Gasteiger partial charge in [-0.05, 0) is 46.9 Å². The highest BCUT2D eigenvalue weighted by Crippen LogP contribution is 2.22. The van der Waals surface area contributed by atoms with Crippen LogP contribution >= 0.6 is 11.6 Å². The first-order valence-electron chi connectivity index (χ1n) is 8.18. The fraction of sp³-hybridized carbons (Fsp3) is 0.238. The number of nitrogens with one attached hydrogen (secondary N) is 1. The van der Waals surface area contributed by atoms with Gasteiger partial charge in [-0.15, -0.1) is 0 Å². The van der Waals surface area contributed by atoms with E-state index in [2.05, 4.69) is 26.1 Å². The van der Waals surface area contributed by atoms with Crippen LogP contribution in [0.5, 0.6) is 0 Å². The van der Waals surface area contributed by atoms with Crippen LogP contribution in [-0.4, -0.2) is 19.0 Å². The van der Waals surface area contributed by atoms with Gasteiger partial charge in [-0.25, -0.2) is 4.79 Å². The van der Waals surface area contributed by atoms with Crippen LogP contribution in [0.25, 0.3) is 6.08 Å². The summed E-state index contributed by atoms with van der Waals surface area (Å²) in [5.41, 5.74) is 2.36. The molecule has 5 heteroatoms. The second-order valence-electron chi connectivity index (χ2n) is 6.88. The predicted octanol–water partition coefficient (Wildman–Crippen LogP) is 4.58. The van der Waals surface area contributed by atoms with Crippen LogP contribution in [0.2, 0.25) is 5.02 Å². The van der Waals surface area contributed by atoms with E-state index in [0.717, 1.165) is 11.1 Å². The largest absolute Gasteiger partial charge is 0.464 e. The number of amides is 1. The average molecular weight is 372 g/mol. The van der Waals surface area contributed by atoms with E-state index in [1.165, 1.54) is 7.11 Å². The lowest BCUT2D eigenvalue weighted by Crippen LogP contribution is -2.28. The molecule has 0 bridgehead atoms. The summed E-state index contributed by atoms with van der Waals surface area (Å²) in [5, 5.41) is 3.21. The van der Waals surface area contributed by atoms with Gasteiger partial charge in [-0.1, -0.05) is 56.6 Å². The standard InChI is InChI=1S/C21H22ClNO3/c1-21(2,3)16-9-7-15(8-10-16)19(24)23-18(20(25)26-4)13-14-5-11-17(22)12-6-14/h5-13H,1-4H3,(H,23,24)/b18-13-. The highest BCUT2D eigenvalue weighted by atomic mass is 35.5. The SMILES string of the molecule is COC(=O)/C(=C/c1ccc(Cl)cc1)NC(=O)c1ccc(C(C)(C)C)cc1. The molecule has 0 unspecified atom stereocenters. The fourth-order valence-electron chi connectivity index (χ4n) is 2.30. The van der Waals surface area contributed by atoms with Gasteiger partial charge < -0.3 is 10.1 Å². The lowest BCUT2D eigenvalue weighted by molar-refractivity contribution is -0.136. The number of halogens is 1. The monoisotopic (exact) mass is 371 g/mol. The number of methoxy groups -OCH3 is 1. The van der Waals surface area contributed by atoms with E-state index >= 15 is 0 Å². The van der Waals surface area contributed by atoms with Crippen molar-refractivity contribution < 1.29 is 14.3 Å². The molecule has 1 N–H and O–H groups in total. The van der Waals surface area contributed by atoms with E-state index in [0.29, 0.717) is 10.6 Å². The van der Waals surface area contributed by atoms with Gasteiger partial charge in [0.1, 0.15) is 5.70 Å². The van der Waals surface area contributed by atoms with Crippen LogP contribution in [0.1, 0.15) is 42.3 Å². The molecule has 4 nitrogen and oxygen atoms in total. The van der Waals surface area contributed by atoms with Crippen LogP contribution in [0.4, 0.5) is 0 Å². The molecule has 0 aromatic heterocycles. The number of rotatable bonds is 4. The first-order chi connectivity index (χ1) is 12.2. The number of benzene rings is 2. The molecule has 2 rings (SSSR count). The molecule has 0 spiro atoms. The van der Waals surface area contributed by atoms with Gasteiger partial charge in [-0.3, -0.25) is 4.79 Å². The maximum Gasteiger partial charge on any atom is 0.354 e. The maximum atomic E-state index is 12.5. The summed E-state index contributed by atoms with van der Waals surface area (Å²) in [6, 6.07) is 14.2. The minimum Gasteiger partial charge on any atom is -0.464 e. The zero-order chi connectivity index (χ0) is 19.3. The number of carbonyl (C=O) groups is 2. The molecule has 0 saturated carbocycles. The average Bonchev–Trinajstić information content (AvgIpc) is 2.61. The molecule has 1 amide bonds. The number of hydrogen-bond acceptors (Lipinski definition) is 3. The minimum absolute atomic E-state index is 0.000664. The predicted molar refractivity (Wildman–Crippen MR) is 104 cm³/mol. The molecule has 0 atom stereocenters. The fourth-order valence-corrected chi connectivity index (χ4v) is 2.42. The van der Waals surface area contributed by atoms with Crippen molar-refractivity contribution in [3.05, 3.63) is 75.9 Å². The Morgan fingerprint density at radius 1 is 1.00 bits per heavy atom. The minimum atomic E-state index is -0.625. The van der Waals surface area contributed by atoms with Gasteiger partial charge in [0.2, 0.25) is 0 Å². The Hall–Kier alpha value is -2.59. The van der Waals surface area contributed by atoms with Crippen molar-refractivity contribution in [2.24, 2.45) is 0 Å². The Kier molecular flexibility index (Phi) is 6.22. The Bertz CT molecular complexity index is 816. The molecule has 0 aliphatic carbocycles. The van der Waals surface area contributed by atoms with E-state index in [1.807, 2.05) is 12.1 Å². The summed E-state index contributed by atoms with van der Waals surface area (Å²) < 4.78 is 4.76. The number of hydrogen-bond donors (Lipinski definition) is 1. The highest BCUT2D eigenvalue weighted by Gasteiger charge is 2.17. The van der Waals surface area contributed by atoms with Gasteiger partial charge in [0.05, 0.1) is 7.11 Å². The van der Waals surface area contributed by atoms with Crippen molar-refractivity contribution in [3.8, 4) is 0 Å². The number of carbonyl (C=O) groups excluding carboxylic acids is 2. The Labute approximate surface area is 158 Å². The third-order valence-corrected chi connectivity index (χ3v) is 4.10. The first-order valence-corrected chi connectivity index (χ1v) is 8.56. The smallest absolute Gasteiger partial charge is 0.354 e. The van der Waals surface area contributed by atoms with Crippen molar-refractivity contribution in [2.45, 2.75) is 26.2 Å². The zero-order valence-corrected chi connectivity index (χ0v) is 16.1. The van der Waals surface area contributed by atoms with E-state index in [1.54, 1.807) is 42.5 Å². The van der Waals surface area contributed by atoms with Crippen LogP contribution in [0.15, 0.2) is 54.2 Å². The third-order valence-electron chi connectivity index (χ3n) is 3.85. The normalized spacial score (nSPS) is 11.8. The van der Waals surface area contributed by atoms with E-state index < -0.39 is 5.97 Å². The van der Waals surface area contributed by atoms with Crippen molar-refractivity contribution in [1.29, 1.82) is 0 Å². The Morgan fingerprint density at radius 3 is 2.08 bits per heavy atom. The van der Waals surface area contributed by atoms with E-state index in [-0.39, 0.29) is 17.0 Å². The summed E-state index contributed by atoms with van der Waals surface area (Å²) in [5.74, 6) is -1.00. The third kappa shape index (κ3) is 5.20. The van der Waals surface area contributed by atoms with Crippen molar-refractivity contribution >= 4 is 29.6 Å². The van der Waals surface area contributed by atoms with E-state index in [4.69, 9.17) is 16.3 Å². The zero-order valence-electron chi connectivity index (χ0n) is 15.3. The topological polar surface area (TPSA) is 55.4 Å². The second-order valence-corrected chi connectivity index (χ2v) is 7.32. The first kappa shape index (κ1) is 19.7. The molecule has 0 fully saturated rings. The molecule has 26 heavy (non-hydrogen) atoms. The van der Waals surface area contributed by atoms with Gasteiger partial charge in [-0.2, -0.15) is 0 Å². The molecule has 0 radical (unpaired) electrons. The van der Waals surface area contributed by atoms with Gasteiger partial charge >= 0.3 is 5.97 Å². The highest BCUT2D eigenvalue weighted by molar-refractivity contribution is 6.30. The molecule has 0 aliphatic rings. The second kappa shape index (κ2) is 8.19. The Morgan fingerprint density at radius 2 is 1.58 bits per heavy atom. The summed E-state index contributed by atoms with van der Waals surface area (Å²) in [6.07, 6.45) is 1.55. The lowest BCUT2D eigenvalue weighted by atomic mass is 9.87. The molecule has 2 aromatic carbocycles. The molecule has 0 saturated heterocycles. The summed E-state index contributed by atoms with van der Waals surface area (Å²) in [7, 11) is 1.27. The summed E-state index contributed by atoms with van der Waals surface area (Å²) in [4.78, 5) is 24.5. The van der Waals surface area contributed by atoms with Crippen LogP contribution in [0, 0.1) is 0 Å². The molecule has 2 aromatic rings. The molecular weight excluding hydrogens is 350 g/mol. The number of esters is 1. The van der Waals surface area contributed by atoms with Crippen molar-refractivity contribution in [2.75, 3.05) is 7.11 Å².